The molecule has 1 aliphatic rings. The van der Waals surface area contributed by atoms with E-state index in [9.17, 15) is 22.9 Å². The first-order chi connectivity index (χ1) is 19.3. The molecule has 1 fully saturated rings. The molecule has 216 valence electrons. The van der Waals surface area contributed by atoms with Gasteiger partial charge < -0.3 is 14.3 Å². The highest BCUT2D eigenvalue weighted by molar-refractivity contribution is 5.69. The maximum atomic E-state index is 12.8. The van der Waals surface area contributed by atoms with Crippen LogP contribution in [-0.2, 0) is 33.8 Å². The maximum Gasteiger partial charge on any atom is 0.416 e. The molecule has 0 aromatic heterocycles. The lowest BCUT2D eigenvalue weighted by Crippen LogP contribution is -2.06. The Morgan fingerprint density at radius 2 is 1.75 bits per heavy atom. The number of carbonyl (C=O) groups excluding carboxylic acids is 1. The van der Waals surface area contributed by atoms with Crippen molar-refractivity contribution >= 4 is 5.97 Å². The number of benzene rings is 2. The predicted octanol–water partition coefficient (Wildman–Crippen LogP) is 8.50. The summed E-state index contributed by atoms with van der Waals surface area (Å²) in [5, 5.41) is 2.36. The van der Waals surface area contributed by atoms with E-state index in [2.05, 4.69) is 34.5 Å². The van der Waals surface area contributed by atoms with Crippen LogP contribution >= 0.6 is 0 Å². The highest BCUT2D eigenvalue weighted by atomic mass is 19.4. The molecule has 2 atom stereocenters. The van der Waals surface area contributed by atoms with Gasteiger partial charge in [0, 0.05) is 6.42 Å². The van der Waals surface area contributed by atoms with Gasteiger partial charge in [-0.3, -0.25) is 4.79 Å². The third-order valence-corrected chi connectivity index (χ3v) is 6.88. The van der Waals surface area contributed by atoms with Gasteiger partial charge in [-0.2, -0.15) is 13.2 Å². The molecule has 0 amide bonds. The first-order valence-electron chi connectivity index (χ1n) is 13.6. The van der Waals surface area contributed by atoms with Crippen molar-refractivity contribution in [1.82, 2.24) is 0 Å². The van der Waals surface area contributed by atoms with Gasteiger partial charge in [-0.05, 0) is 79.7 Å². The molecule has 0 aliphatic heterocycles. The first-order valence-corrected chi connectivity index (χ1v) is 13.6. The van der Waals surface area contributed by atoms with Crippen molar-refractivity contribution < 1.29 is 32.3 Å². The number of halogens is 3. The van der Waals surface area contributed by atoms with Crippen LogP contribution in [0.4, 0.5) is 13.2 Å². The topological polar surface area (TPSA) is 74.2 Å². The number of allylic oxidation sites excluding steroid dienone is 3. The smallest absolute Gasteiger partial charge is 0.416 e. The van der Waals surface area contributed by atoms with Crippen LogP contribution < -0.4 is 4.74 Å². The quantitative estimate of drug-likeness (QED) is 0.0678. The van der Waals surface area contributed by atoms with Crippen LogP contribution in [0.1, 0.15) is 68.1 Å². The van der Waals surface area contributed by atoms with Crippen molar-refractivity contribution in [2.45, 2.75) is 70.8 Å². The molecule has 9 heteroatoms. The van der Waals surface area contributed by atoms with Crippen molar-refractivity contribution in [3.63, 3.8) is 0 Å². The van der Waals surface area contributed by atoms with Crippen LogP contribution in [0.5, 0.6) is 5.75 Å². The molecule has 1 saturated carbocycles. The molecule has 0 heterocycles. The zero-order chi connectivity index (χ0) is 28.6. The molecule has 0 N–H and O–H groups in total. The van der Waals surface area contributed by atoms with E-state index >= 15 is 0 Å². The summed E-state index contributed by atoms with van der Waals surface area (Å²) >= 11 is 0. The summed E-state index contributed by atoms with van der Waals surface area (Å²) in [6.45, 7) is 0.648. The Balaban J connectivity index is 1.26. The standard InChI is InChI=1S/C31H36F3NO5/c32-31(33,34)28-13-8-14-29(21-28)38-20-6-5-10-27-12-7-11-26(27)9-3-1-2-4-15-30(36)39-22-24-16-18-25(19-17-24)23-40-35-37/h1,3,5,8,10,13-14,16-19,21,26-27H,2,4,6-7,9,11-12,15,20,22-23H2/b3-1-,10-5+. The van der Waals surface area contributed by atoms with Crippen LogP contribution in [-0.4, -0.2) is 12.6 Å². The minimum absolute atomic E-state index is 0.111. The Hall–Kier alpha value is -3.62. The van der Waals surface area contributed by atoms with Gasteiger partial charge in [0.25, 0.3) is 0 Å². The van der Waals surface area contributed by atoms with E-state index in [1.165, 1.54) is 25.0 Å². The van der Waals surface area contributed by atoms with E-state index in [1.807, 2.05) is 12.1 Å². The third-order valence-electron chi connectivity index (χ3n) is 6.88. The Morgan fingerprint density at radius 3 is 2.50 bits per heavy atom. The fourth-order valence-corrected chi connectivity index (χ4v) is 4.71. The second-order valence-electron chi connectivity index (χ2n) is 9.87. The Bertz CT molecular complexity index is 1110. The van der Waals surface area contributed by atoms with E-state index in [4.69, 9.17) is 9.47 Å². The summed E-state index contributed by atoms with van der Waals surface area (Å²) in [4.78, 5) is 26.5. The minimum atomic E-state index is -4.37. The van der Waals surface area contributed by atoms with E-state index in [-0.39, 0.29) is 24.9 Å². The van der Waals surface area contributed by atoms with Gasteiger partial charge in [-0.1, -0.05) is 61.1 Å². The van der Waals surface area contributed by atoms with E-state index < -0.39 is 11.7 Å². The fraction of sp³-hybridized carbons (Fsp3) is 0.452. The summed E-state index contributed by atoms with van der Waals surface area (Å²) in [5.41, 5.74) is 0.964. The Labute approximate surface area is 233 Å². The summed E-state index contributed by atoms with van der Waals surface area (Å²) in [6.07, 6.45) is 11.3. The van der Waals surface area contributed by atoms with Gasteiger partial charge >= 0.3 is 12.1 Å². The van der Waals surface area contributed by atoms with E-state index in [1.54, 1.807) is 12.1 Å². The normalized spacial score (nSPS) is 17.4. The number of hydrogen-bond acceptors (Lipinski definition) is 6. The van der Waals surface area contributed by atoms with Crippen LogP contribution in [0.3, 0.4) is 0 Å². The average Bonchev–Trinajstić information content (AvgIpc) is 3.39. The number of alkyl halides is 3. The molecule has 0 bridgehead atoms. The second-order valence-corrected chi connectivity index (χ2v) is 9.87. The molecule has 2 aromatic carbocycles. The van der Waals surface area contributed by atoms with Crippen molar-refractivity contribution in [2.75, 3.05) is 6.61 Å². The van der Waals surface area contributed by atoms with Crippen LogP contribution in [0.25, 0.3) is 0 Å². The molecule has 0 saturated heterocycles. The first kappa shape index (κ1) is 30.9. The van der Waals surface area contributed by atoms with Crippen molar-refractivity contribution in [1.29, 1.82) is 0 Å². The molecule has 1 aliphatic carbocycles. The van der Waals surface area contributed by atoms with Gasteiger partial charge in [-0.25, -0.2) is 0 Å². The maximum absolute atomic E-state index is 12.8. The van der Waals surface area contributed by atoms with Crippen LogP contribution in [0, 0.1) is 16.7 Å². The average molecular weight is 560 g/mol. The van der Waals surface area contributed by atoms with Crippen LogP contribution in [0.2, 0.25) is 0 Å². The van der Waals surface area contributed by atoms with Gasteiger partial charge in [0.1, 0.15) is 19.0 Å². The number of hydrogen-bond donors (Lipinski definition) is 0. The zero-order valence-electron chi connectivity index (χ0n) is 22.5. The number of carbonyl (C=O) groups is 1. The summed E-state index contributed by atoms with van der Waals surface area (Å²) in [5.74, 6) is 1.07. The fourth-order valence-electron chi connectivity index (χ4n) is 4.71. The van der Waals surface area contributed by atoms with Gasteiger partial charge in [0.2, 0.25) is 0 Å². The number of unbranched alkanes of at least 4 members (excludes halogenated alkanes) is 1. The summed E-state index contributed by atoms with van der Waals surface area (Å²) < 4.78 is 49.3. The van der Waals surface area contributed by atoms with Gasteiger partial charge in [-0.15, -0.1) is 4.91 Å². The molecule has 0 spiro atoms. The lowest BCUT2D eigenvalue weighted by molar-refractivity contribution is -0.145. The van der Waals surface area contributed by atoms with Gasteiger partial charge in [0.05, 0.1) is 12.2 Å². The Kier molecular flexibility index (Phi) is 12.7. The molecule has 40 heavy (non-hydrogen) atoms. The third kappa shape index (κ3) is 11.2. The highest BCUT2D eigenvalue weighted by Gasteiger charge is 2.30. The zero-order valence-corrected chi connectivity index (χ0v) is 22.5. The van der Waals surface area contributed by atoms with Crippen molar-refractivity contribution in [3.05, 3.63) is 94.4 Å². The molecule has 2 unspecified atom stereocenters. The molecular formula is C31H36F3NO5. The monoisotopic (exact) mass is 559 g/mol. The SMILES string of the molecule is O=NOCc1ccc(COC(=O)CCC/C=C\CC2CCCC2/C=C/CCOc2cccc(C(F)(F)F)c2)cc1. The summed E-state index contributed by atoms with van der Waals surface area (Å²) in [7, 11) is 0. The lowest BCUT2D eigenvalue weighted by atomic mass is 9.92. The number of esters is 1. The molecular weight excluding hydrogens is 523 g/mol. The largest absolute Gasteiger partial charge is 0.493 e. The summed E-state index contributed by atoms with van der Waals surface area (Å²) in [6, 6.07) is 12.2. The number of rotatable bonds is 16. The van der Waals surface area contributed by atoms with E-state index in [0.717, 1.165) is 48.9 Å². The minimum Gasteiger partial charge on any atom is -0.493 e. The molecule has 2 aromatic rings. The Morgan fingerprint density at radius 1 is 0.975 bits per heavy atom. The van der Waals surface area contributed by atoms with Crippen molar-refractivity contribution in [3.8, 4) is 5.75 Å². The molecule has 0 radical (unpaired) electrons. The second kappa shape index (κ2) is 16.5. The van der Waals surface area contributed by atoms with Crippen LogP contribution in [0.15, 0.2) is 78.2 Å². The van der Waals surface area contributed by atoms with Crippen molar-refractivity contribution in [2.24, 2.45) is 17.2 Å². The molecule has 3 rings (SSSR count). The number of ether oxygens (including phenoxy) is 2. The highest BCUT2D eigenvalue weighted by Crippen LogP contribution is 2.35. The number of nitrogens with zero attached hydrogens (tertiary/aromatic N) is 1. The molecule has 6 nitrogen and oxygen atoms in total. The van der Waals surface area contributed by atoms with Gasteiger partial charge in [0.15, 0.2) is 5.34 Å². The van der Waals surface area contributed by atoms with E-state index in [0.29, 0.717) is 31.3 Å². The lowest BCUT2D eigenvalue weighted by Gasteiger charge is -2.14. The predicted molar refractivity (Wildman–Crippen MR) is 146 cm³/mol.